The molecule has 0 aliphatic heterocycles. The molecule has 0 bridgehead atoms. The lowest BCUT2D eigenvalue weighted by molar-refractivity contribution is 0.0948. The van der Waals surface area contributed by atoms with Crippen molar-refractivity contribution in [3.8, 4) is 5.69 Å². The van der Waals surface area contributed by atoms with Crippen molar-refractivity contribution < 1.29 is 9.90 Å². The lowest BCUT2D eigenvalue weighted by Gasteiger charge is -2.21. The lowest BCUT2D eigenvalue weighted by Crippen LogP contribution is -2.26. The van der Waals surface area contributed by atoms with Crippen LogP contribution in [0, 0.1) is 5.41 Å². The Kier molecular flexibility index (Phi) is 5.33. The summed E-state index contributed by atoms with van der Waals surface area (Å²) in [6.45, 7) is 4.81. The summed E-state index contributed by atoms with van der Waals surface area (Å²) in [7, 11) is 0. The molecule has 118 valence electrons. The number of carbonyl (C=O) groups is 1. The van der Waals surface area contributed by atoms with Crippen LogP contribution < -0.4 is 5.32 Å². The van der Waals surface area contributed by atoms with E-state index in [2.05, 4.69) is 10.3 Å². The molecular weight excluding hydrogens is 278 g/mol. The van der Waals surface area contributed by atoms with Gasteiger partial charge in [0.05, 0.1) is 6.33 Å². The third-order valence-corrected chi connectivity index (χ3v) is 3.68. The molecule has 5 heteroatoms. The maximum absolute atomic E-state index is 12.1. The van der Waals surface area contributed by atoms with Crippen molar-refractivity contribution in [1.82, 2.24) is 14.9 Å². The van der Waals surface area contributed by atoms with Crippen LogP contribution >= 0.6 is 0 Å². The van der Waals surface area contributed by atoms with Gasteiger partial charge in [-0.05, 0) is 42.5 Å². The van der Waals surface area contributed by atoms with Gasteiger partial charge in [-0.15, -0.1) is 0 Å². The predicted molar refractivity (Wildman–Crippen MR) is 86.0 cm³/mol. The monoisotopic (exact) mass is 301 g/mol. The second-order valence-corrected chi connectivity index (χ2v) is 6.20. The van der Waals surface area contributed by atoms with E-state index in [1.54, 1.807) is 12.5 Å². The van der Waals surface area contributed by atoms with Gasteiger partial charge in [0, 0.05) is 36.8 Å². The van der Waals surface area contributed by atoms with Crippen LogP contribution in [-0.2, 0) is 0 Å². The van der Waals surface area contributed by atoms with Gasteiger partial charge >= 0.3 is 0 Å². The zero-order valence-corrected chi connectivity index (χ0v) is 13.1. The van der Waals surface area contributed by atoms with E-state index in [1.165, 1.54) is 0 Å². The second kappa shape index (κ2) is 7.22. The molecule has 2 N–H and O–H groups in total. The minimum atomic E-state index is -0.0861. The molecule has 0 saturated heterocycles. The first-order valence-corrected chi connectivity index (χ1v) is 7.49. The van der Waals surface area contributed by atoms with Crippen LogP contribution in [0.4, 0.5) is 0 Å². The Hall–Kier alpha value is -2.14. The highest BCUT2D eigenvalue weighted by Gasteiger charge is 2.15. The Morgan fingerprint density at radius 1 is 1.32 bits per heavy atom. The highest BCUT2D eigenvalue weighted by atomic mass is 16.3. The number of hydrogen-bond donors (Lipinski definition) is 2. The molecule has 0 aliphatic rings. The van der Waals surface area contributed by atoms with Gasteiger partial charge in [0.15, 0.2) is 0 Å². The van der Waals surface area contributed by atoms with Crippen LogP contribution in [0.25, 0.3) is 5.69 Å². The summed E-state index contributed by atoms with van der Waals surface area (Å²) in [5, 5.41) is 12.1. The first-order valence-electron chi connectivity index (χ1n) is 7.49. The van der Waals surface area contributed by atoms with Crippen molar-refractivity contribution in [2.45, 2.75) is 26.7 Å². The number of aromatic nitrogens is 2. The minimum absolute atomic E-state index is 0.0704. The highest BCUT2D eigenvalue weighted by molar-refractivity contribution is 5.94. The molecule has 0 unspecified atom stereocenters. The first-order chi connectivity index (χ1) is 10.5. The van der Waals surface area contributed by atoms with E-state index in [0.29, 0.717) is 12.1 Å². The topological polar surface area (TPSA) is 67.2 Å². The number of hydrogen-bond acceptors (Lipinski definition) is 3. The van der Waals surface area contributed by atoms with Gasteiger partial charge in [0.2, 0.25) is 0 Å². The van der Waals surface area contributed by atoms with Crippen LogP contribution in [0.3, 0.4) is 0 Å². The smallest absolute Gasteiger partial charge is 0.251 e. The largest absolute Gasteiger partial charge is 0.396 e. The fraction of sp³-hybridized carbons (Fsp3) is 0.412. The van der Waals surface area contributed by atoms with Crippen LogP contribution in [0.1, 0.15) is 37.0 Å². The van der Waals surface area contributed by atoms with E-state index in [0.717, 1.165) is 18.5 Å². The number of aliphatic hydroxyl groups excluding tert-OH is 1. The van der Waals surface area contributed by atoms with Gasteiger partial charge in [-0.25, -0.2) is 4.98 Å². The van der Waals surface area contributed by atoms with Gasteiger partial charge in [-0.3, -0.25) is 4.79 Å². The van der Waals surface area contributed by atoms with Crippen molar-refractivity contribution in [2.75, 3.05) is 13.2 Å². The third kappa shape index (κ3) is 4.43. The van der Waals surface area contributed by atoms with E-state index in [-0.39, 0.29) is 17.9 Å². The minimum Gasteiger partial charge on any atom is -0.396 e. The average Bonchev–Trinajstić information content (AvgIpc) is 3.06. The molecule has 0 fully saturated rings. The van der Waals surface area contributed by atoms with Gasteiger partial charge in [-0.1, -0.05) is 13.8 Å². The predicted octanol–water partition coefficient (Wildman–Crippen LogP) is 2.40. The van der Waals surface area contributed by atoms with E-state index in [4.69, 9.17) is 0 Å². The molecule has 0 aliphatic carbocycles. The van der Waals surface area contributed by atoms with Crippen LogP contribution in [0.2, 0.25) is 0 Å². The summed E-state index contributed by atoms with van der Waals surface area (Å²) >= 11 is 0. The maximum atomic E-state index is 12.1. The normalized spacial score (nSPS) is 11.4. The number of nitrogens with one attached hydrogen (secondary N) is 1. The van der Waals surface area contributed by atoms with Crippen molar-refractivity contribution in [3.63, 3.8) is 0 Å². The Bertz CT molecular complexity index is 589. The van der Waals surface area contributed by atoms with Crippen LogP contribution in [0.15, 0.2) is 43.0 Å². The number of nitrogens with zero attached hydrogens (tertiary/aromatic N) is 2. The van der Waals surface area contributed by atoms with Gasteiger partial charge in [0.25, 0.3) is 5.91 Å². The quantitative estimate of drug-likeness (QED) is 0.772. The molecule has 0 radical (unpaired) electrons. The third-order valence-electron chi connectivity index (χ3n) is 3.68. The number of benzene rings is 1. The SMILES string of the molecule is CC(C)(CO)CCCNC(=O)c1ccc(-n2ccnc2)cc1. The zero-order valence-electron chi connectivity index (χ0n) is 13.1. The standard InChI is InChI=1S/C17H23N3O2/c1-17(2,12-21)8-3-9-19-16(22)14-4-6-15(7-5-14)20-11-10-18-13-20/h4-7,10-11,13,21H,3,8-9,12H2,1-2H3,(H,19,22). The van der Waals surface area contributed by atoms with Crippen molar-refractivity contribution in [2.24, 2.45) is 5.41 Å². The summed E-state index contributed by atoms with van der Waals surface area (Å²) in [5.74, 6) is -0.0704. The van der Waals surface area contributed by atoms with Crippen molar-refractivity contribution in [3.05, 3.63) is 48.5 Å². The van der Waals surface area contributed by atoms with Gasteiger partial charge in [-0.2, -0.15) is 0 Å². The summed E-state index contributed by atoms with van der Waals surface area (Å²) < 4.78 is 1.89. The molecule has 2 rings (SSSR count). The molecule has 22 heavy (non-hydrogen) atoms. The fourth-order valence-electron chi connectivity index (χ4n) is 2.15. The molecule has 2 aromatic rings. The molecule has 5 nitrogen and oxygen atoms in total. The summed E-state index contributed by atoms with van der Waals surface area (Å²) in [6.07, 6.45) is 7.03. The number of rotatable bonds is 7. The van der Waals surface area contributed by atoms with Crippen molar-refractivity contribution >= 4 is 5.91 Å². The number of aliphatic hydroxyl groups is 1. The Morgan fingerprint density at radius 2 is 2.05 bits per heavy atom. The average molecular weight is 301 g/mol. The number of imidazole rings is 1. The molecule has 0 saturated carbocycles. The van der Waals surface area contributed by atoms with E-state index in [9.17, 15) is 9.90 Å². The zero-order chi connectivity index (χ0) is 16.0. The lowest BCUT2D eigenvalue weighted by atomic mass is 9.89. The first kappa shape index (κ1) is 16.2. The summed E-state index contributed by atoms with van der Waals surface area (Å²) in [4.78, 5) is 16.1. The molecule has 1 heterocycles. The number of carbonyl (C=O) groups excluding carboxylic acids is 1. The van der Waals surface area contributed by atoms with Crippen LogP contribution in [-0.4, -0.2) is 33.7 Å². The molecular formula is C17H23N3O2. The van der Waals surface area contributed by atoms with Gasteiger partial charge in [0.1, 0.15) is 0 Å². The molecule has 1 amide bonds. The Morgan fingerprint density at radius 3 is 2.64 bits per heavy atom. The molecule has 0 atom stereocenters. The Balaban J connectivity index is 1.83. The van der Waals surface area contributed by atoms with Gasteiger partial charge < -0.3 is 15.0 Å². The molecule has 1 aromatic carbocycles. The maximum Gasteiger partial charge on any atom is 0.251 e. The van der Waals surface area contributed by atoms with Crippen molar-refractivity contribution in [1.29, 1.82) is 0 Å². The van der Waals surface area contributed by atoms with E-state index >= 15 is 0 Å². The Labute approximate surface area is 131 Å². The second-order valence-electron chi connectivity index (χ2n) is 6.20. The summed E-state index contributed by atoms with van der Waals surface area (Å²) in [5.41, 5.74) is 1.53. The molecule has 1 aromatic heterocycles. The molecule has 0 spiro atoms. The van der Waals surface area contributed by atoms with E-state index in [1.807, 2.05) is 48.9 Å². The van der Waals surface area contributed by atoms with Crippen LogP contribution in [0.5, 0.6) is 0 Å². The fourth-order valence-corrected chi connectivity index (χ4v) is 2.15. The highest BCUT2D eigenvalue weighted by Crippen LogP contribution is 2.20. The number of amides is 1. The van der Waals surface area contributed by atoms with E-state index < -0.39 is 0 Å². The summed E-state index contributed by atoms with van der Waals surface area (Å²) in [6, 6.07) is 7.40.